The van der Waals surface area contributed by atoms with E-state index in [1.54, 1.807) is 13.0 Å². The molecule has 1 aromatic heterocycles. The van der Waals surface area contributed by atoms with Crippen LogP contribution in [0.4, 0.5) is 0 Å². The molecule has 2 aromatic rings. The van der Waals surface area contributed by atoms with Gasteiger partial charge in [-0.1, -0.05) is 30.3 Å². The number of amides is 2. The van der Waals surface area contributed by atoms with Crippen molar-refractivity contribution >= 4 is 17.8 Å². The van der Waals surface area contributed by atoms with Crippen molar-refractivity contribution < 1.29 is 23.5 Å². The van der Waals surface area contributed by atoms with Gasteiger partial charge in [-0.2, -0.15) is 0 Å². The maximum absolute atomic E-state index is 12.4. The molecule has 0 saturated carbocycles. The molecule has 1 aromatic carbocycles. The third-order valence-corrected chi connectivity index (χ3v) is 4.65. The lowest BCUT2D eigenvalue weighted by Crippen LogP contribution is -2.56. The number of piperazine rings is 1. The Labute approximate surface area is 169 Å². The predicted molar refractivity (Wildman–Crippen MR) is 105 cm³/mol. The van der Waals surface area contributed by atoms with Gasteiger partial charge in [0.25, 0.3) is 0 Å². The summed E-state index contributed by atoms with van der Waals surface area (Å²) in [6, 6.07) is 12.4. The highest BCUT2D eigenvalue weighted by Gasteiger charge is 2.31. The molecule has 1 aliphatic heterocycles. The fourth-order valence-electron chi connectivity index (χ4n) is 3.21. The lowest BCUT2D eigenvalue weighted by Gasteiger charge is -2.34. The molecule has 8 nitrogen and oxygen atoms in total. The van der Waals surface area contributed by atoms with Crippen LogP contribution in [0.1, 0.15) is 35.2 Å². The van der Waals surface area contributed by atoms with E-state index < -0.39 is 12.0 Å². The minimum atomic E-state index is -0.541. The van der Waals surface area contributed by atoms with Gasteiger partial charge in [0.05, 0.1) is 25.6 Å². The largest absolute Gasteiger partial charge is 0.460 e. The van der Waals surface area contributed by atoms with E-state index in [4.69, 9.17) is 9.15 Å². The molecule has 0 aliphatic carbocycles. The Morgan fingerprint density at radius 3 is 2.79 bits per heavy atom. The Bertz CT molecular complexity index is 849. The van der Waals surface area contributed by atoms with Crippen LogP contribution in [0.3, 0.4) is 0 Å². The highest BCUT2D eigenvalue weighted by atomic mass is 16.5. The van der Waals surface area contributed by atoms with Crippen molar-refractivity contribution in [2.45, 2.75) is 32.5 Å². The Morgan fingerprint density at radius 2 is 2.03 bits per heavy atom. The summed E-state index contributed by atoms with van der Waals surface area (Å²) in [5.41, 5.74) is 1.09. The number of esters is 1. The first-order valence-electron chi connectivity index (χ1n) is 9.65. The molecule has 2 N–H and O–H groups in total. The molecule has 0 bridgehead atoms. The van der Waals surface area contributed by atoms with Gasteiger partial charge in [-0.15, -0.1) is 0 Å². The molecule has 154 valence electrons. The lowest BCUT2D eigenvalue weighted by atomic mass is 10.1. The van der Waals surface area contributed by atoms with Crippen molar-refractivity contribution in [3.05, 3.63) is 59.5 Å². The molecular weight excluding hydrogens is 374 g/mol. The molecule has 2 heterocycles. The van der Waals surface area contributed by atoms with E-state index in [2.05, 4.69) is 10.6 Å². The molecule has 0 spiro atoms. The van der Waals surface area contributed by atoms with E-state index in [0.29, 0.717) is 25.4 Å². The van der Waals surface area contributed by atoms with Crippen LogP contribution < -0.4 is 10.6 Å². The molecule has 1 fully saturated rings. The molecule has 29 heavy (non-hydrogen) atoms. The maximum Gasteiger partial charge on any atom is 0.374 e. The second-order valence-corrected chi connectivity index (χ2v) is 6.73. The van der Waals surface area contributed by atoms with Crippen molar-refractivity contribution in [2.75, 3.05) is 19.7 Å². The second-order valence-electron chi connectivity index (χ2n) is 6.73. The van der Waals surface area contributed by atoms with Crippen LogP contribution in [0.25, 0.3) is 0 Å². The summed E-state index contributed by atoms with van der Waals surface area (Å²) in [5.74, 6) is -0.419. The minimum absolute atomic E-state index is 0.0457. The van der Waals surface area contributed by atoms with Crippen molar-refractivity contribution in [1.82, 2.24) is 15.5 Å². The molecule has 1 unspecified atom stereocenters. The van der Waals surface area contributed by atoms with Crippen LogP contribution in [-0.2, 0) is 27.4 Å². The zero-order chi connectivity index (χ0) is 20.6. The van der Waals surface area contributed by atoms with Gasteiger partial charge in [0.1, 0.15) is 5.76 Å². The third-order valence-electron chi connectivity index (χ3n) is 4.65. The van der Waals surface area contributed by atoms with Gasteiger partial charge in [-0.05, 0) is 24.6 Å². The highest BCUT2D eigenvalue weighted by molar-refractivity contribution is 5.89. The van der Waals surface area contributed by atoms with Crippen LogP contribution in [-0.4, -0.2) is 48.4 Å². The van der Waals surface area contributed by atoms with Crippen molar-refractivity contribution in [2.24, 2.45) is 0 Å². The van der Waals surface area contributed by atoms with E-state index >= 15 is 0 Å². The van der Waals surface area contributed by atoms with Gasteiger partial charge in [0.2, 0.25) is 17.6 Å². The Balaban J connectivity index is 1.55. The number of benzene rings is 1. The van der Waals surface area contributed by atoms with Crippen molar-refractivity contribution in [1.29, 1.82) is 0 Å². The summed E-state index contributed by atoms with van der Waals surface area (Å²) >= 11 is 0. The van der Waals surface area contributed by atoms with Gasteiger partial charge in [0, 0.05) is 19.6 Å². The van der Waals surface area contributed by atoms with Gasteiger partial charge < -0.3 is 19.8 Å². The van der Waals surface area contributed by atoms with Crippen molar-refractivity contribution in [3.63, 3.8) is 0 Å². The van der Waals surface area contributed by atoms with Gasteiger partial charge in [-0.25, -0.2) is 4.79 Å². The lowest BCUT2D eigenvalue weighted by molar-refractivity contribution is -0.134. The maximum atomic E-state index is 12.4. The first-order valence-corrected chi connectivity index (χ1v) is 9.65. The number of nitrogens with one attached hydrogen (secondary N) is 2. The fraction of sp³-hybridized carbons (Fsp3) is 0.381. The summed E-state index contributed by atoms with van der Waals surface area (Å²) in [7, 11) is 0. The number of furan rings is 1. The number of hydrogen-bond acceptors (Lipinski definition) is 6. The summed E-state index contributed by atoms with van der Waals surface area (Å²) in [5, 5.41) is 5.57. The van der Waals surface area contributed by atoms with Gasteiger partial charge in [0.15, 0.2) is 0 Å². The fourth-order valence-corrected chi connectivity index (χ4v) is 3.21. The van der Waals surface area contributed by atoms with Crippen LogP contribution >= 0.6 is 0 Å². The number of hydrogen-bond donors (Lipinski definition) is 2. The number of carbonyl (C=O) groups is 3. The Hall–Kier alpha value is -3.13. The second kappa shape index (κ2) is 9.88. The van der Waals surface area contributed by atoms with Crippen LogP contribution in [0.5, 0.6) is 0 Å². The summed E-state index contributed by atoms with van der Waals surface area (Å²) < 4.78 is 10.3. The summed E-state index contributed by atoms with van der Waals surface area (Å²) in [4.78, 5) is 38.4. The van der Waals surface area contributed by atoms with Gasteiger partial charge in [-0.3, -0.25) is 14.5 Å². The average Bonchev–Trinajstić information content (AvgIpc) is 3.19. The number of nitrogens with zero attached hydrogens (tertiary/aromatic N) is 1. The molecule has 2 amide bonds. The standard InChI is InChI=1S/C21H25N3O5/c1-2-28-21(27)18-9-8-16(29-18)13-23-19(25)12-17-20(26)22-10-11-24(17)14-15-6-4-3-5-7-15/h3-9,17H,2,10-14H2,1H3,(H,22,26)(H,23,25). The Kier molecular flexibility index (Phi) is 7.02. The van der Waals surface area contributed by atoms with E-state index in [9.17, 15) is 14.4 Å². The third kappa shape index (κ3) is 5.68. The molecule has 1 aliphatic rings. The van der Waals surface area contributed by atoms with E-state index in [-0.39, 0.29) is 37.1 Å². The molecular formula is C21H25N3O5. The smallest absolute Gasteiger partial charge is 0.374 e. The average molecular weight is 399 g/mol. The molecule has 8 heteroatoms. The quantitative estimate of drug-likeness (QED) is 0.652. The molecule has 1 atom stereocenters. The zero-order valence-corrected chi connectivity index (χ0v) is 16.3. The number of ether oxygens (including phenoxy) is 1. The zero-order valence-electron chi connectivity index (χ0n) is 16.3. The number of carbonyl (C=O) groups excluding carboxylic acids is 3. The topological polar surface area (TPSA) is 101 Å². The number of rotatable bonds is 8. The van der Waals surface area contributed by atoms with Crippen LogP contribution in [0.2, 0.25) is 0 Å². The van der Waals surface area contributed by atoms with E-state index in [0.717, 1.165) is 5.56 Å². The molecule has 1 saturated heterocycles. The van der Waals surface area contributed by atoms with Crippen molar-refractivity contribution in [3.8, 4) is 0 Å². The SMILES string of the molecule is CCOC(=O)c1ccc(CNC(=O)CC2C(=O)NCCN2Cc2ccccc2)o1. The predicted octanol–water partition coefficient (Wildman–Crippen LogP) is 1.46. The Morgan fingerprint density at radius 1 is 1.24 bits per heavy atom. The molecule has 3 rings (SSSR count). The van der Waals surface area contributed by atoms with Crippen LogP contribution in [0, 0.1) is 0 Å². The first kappa shape index (κ1) is 20.6. The van der Waals surface area contributed by atoms with Crippen LogP contribution in [0.15, 0.2) is 46.9 Å². The molecule has 0 radical (unpaired) electrons. The normalized spacial score (nSPS) is 16.9. The summed E-state index contributed by atoms with van der Waals surface area (Å²) in [6.45, 7) is 3.95. The van der Waals surface area contributed by atoms with E-state index in [1.165, 1.54) is 6.07 Å². The highest BCUT2D eigenvalue weighted by Crippen LogP contribution is 2.14. The minimum Gasteiger partial charge on any atom is -0.460 e. The van der Waals surface area contributed by atoms with E-state index in [1.807, 2.05) is 35.2 Å². The first-order chi connectivity index (χ1) is 14.1. The van der Waals surface area contributed by atoms with Gasteiger partial charge >= 0.3 is 5.97 Å². The monoisotopic (exact) mass is 399 g/mol. The summed E-state index contributed by atoms with van der Waals surface area (Å²) in [6.07, 6.45) is 0.0457.